The number of aliphatic hydroxyl groups is 1. The lowest BCUT2D eigenvalue weighted by Gasteiger charge is -2.28. The number of hydrogen-bond donors (Lipinski definition) is 2. The third-order valence-electron chi connectivity index (χ3n) is 3.15. The lowest BCUT2D eigenvalue weighted by molar-refractivity contribution is -0.130. The number of hydrogen-bond acceptors (Lipinski definition) is 2. The smallest absolute Gasteiger partial charge is 0.248 e. The molecule has 5 heteroatoms. The molecule has 0 aromatic heterocycles. The molecule has 0 saturated heterocycles. The average molecular weight is 235 g/mol. The largest absolute Gasteiger partial charge is 0.394 e. The van der Waals surface area contributed by atoms with Crippen LogP contribution in [-0.2, 0) is 4.79 Å². The van der Waals surface area contributed by atoms with Crippen LogP contribution in [0.4, 0.5) is 8.78 Å². The van der Waals surface area contributed by atoms with E-state index in [4.69, 9.17) is 5.11 Å². The monoisotopic (exact) mass is 235 g/mol. The first-order valence-corrected chi connectivity index (χ1v) is 5.77. The van der Waals surface area contributed by atoms with Crippen LogP contribution in [0.15, 0.2) is 0 Å². The van der Waals surface area contributed by atoms with E-state index in [2.05, 4.69) is 5.32 Å². The Morgan fingerprint density at radius 2 is 2.06 bits per heavy atom. The molecule has 1 saturated carbocycles. The molecule has 3 nitrogen and oxygen atoms in total. The van der Waals surface area contributed by atoms with E-state index in [1.54, 1.807) is 0 Å². The van der Waals surface area contributed by atoms with E-state index in [-0.39, 0.29) is 50.2 Å². The second kappa shape index (κ2) is 5.57. The third-order valence-corrected chi connectivity index (χ3v) is 3.15. The molecule has 94 valence electrons. The minimum absolute atomic E-state index is 0.106. The second-order valence-corrected chi connectivity index (χ2v) is 4.43. The standard InChI is InChI=1S/C11H19F2NO2/c1-2-9(7-15)14-10(16)8-3-5-11(12,13)6-4-8/h8-9,15H,2-7H2,1H3,(H,14,16). The Morgan fingerprint density at radius 1 is 1.50 bits per heavy atom. The number of carbonyl (C=O) groups excluding carboxylic acids is 1. The molecule has 1 amide bonds. The number of alkyl halides is 2. The van der Waals surface area contributed by atoms with Crippen LogP contribution in [0.5, 0.6) is 0 Å². The minimum atomic E-state index is -2.60. The van der Waals surface area contributed by atoms with Gasteiger partial charge >= 0.3 is 0 Å². The summed E-state index contributed by atoms with van der Waals surface area (Å²) in [4.78, 5) is 11.7. The molecule has 1 aliphatic carbocycles. The highest BCUT2D eigenvalue weighted by Gasteiger charge is 2.37. The van der Waals surface area contributed by atoms with Crippen LogP contribution in [0.1, 0.15) is 39.0 Å². The molecule has 0 spiro atoms. The van der Waals surface area contributed by atoms with Gasteiger partial charge in [0.25, 0.3) is 0 Å². The van der Waals surface area contributed by atoms with Gasteiger partial charge in [0.2, 0.25) is 11.8 Å². The number of nitrogens with one attached hydrogen (secondary N) is 1. The van der Waals surface area contributed by atoms with Crippen molar-refractivity contribution in [2.24, 2.45) is 5.92 Å². The van der Waals surface area contributed by atoms with Crippen LogP contribution >= 0.6 is 0 Å². The first-order chi connectivity index (χ1) is 7.48. The van der Waals surface area contributed by atoms with Crippen molar-refractivity contribution in [2.45, 2.75) is 51.0 Å². The van der Waals surface area contributed by atoms with Gasteiger partial charge in [-0.3, -0.25) is 4.79 Å². The molecule has 0 radical (unpaired) electrons. The maximum atomic E-state index is 12.9. The molecule has 1 fully saturated rings. The molecule has 0 heterocycles. The summed E-state index contributed by atoms with van der Waals surface area (Å²) in [5.74, 6) is -3.12. The summed E-state index contributed by atoms with van der Waals surface area (Å²) in [7, 11) is 0. The van der Waals surface area contributed by atoms with Gasteiger partial charge in [-0.05, 0) is 19.3 Å². The van der Waals surface area contributed by atoms with Crippen LogP contribution in [0, 0.1) is 5.92 Å². The topological polar surface area (TPSA) is 49.3 Å². The third kappa shape index (κ3) is 3.70. The summed E-state index contributed by atoms with van der Waals surface area (Å²) in [5, 5.41) is 11.6. The zero-order chi connectivity index (χ0) is 12.2. The highest BCUT2D eigenvalue weighted by molar-refractivity contribution is 5.79. The molecular weight excluding hydrogens is 216 g/mol. The quantitative estimate of drug-likeness (QED) is 0.779. The van der Waals surface area contributed by atoms with Gasteiger partial charge in [-0.2, -0.15) is 0 Å². The van der Waals surface area contributed by atoms with Gasteiger partial charge in [0.15, 0.2) is 0 Å². The van der Waals surface area contributed by atoms with Crippen molar-refractivity contribution in [3.8, 4) is 0 Å². The van der Waals surface area contributed by atoms with Crippen LogP contribution in [0.2, 0.25) is 0 Å². The van der Waals surface area contributed by atoms with E-state index in [0.29, 0.717) is 6.42 Å². The average Bonchev–Trinajstić information content (AvgIpc) is 2.25. The van der Waals surface area contributed by atoms with E-state index in [1.165, 1.54) is 0 Å². The normalized spacial score (nSPS) is 22.8. The van der Waals surface area contributed by atoms with Gasteiger partial charge in [0, 0.05) is 18.8 Å². The van der Waals surface area contributed by atoms with E-state index < -0.39 is 5.92 Å². The fourth-order valence-corrected chi connectivity index (χ4v) is 1.90. The molecule has 0 bridgehead atoms. The highest BCUT2D eigenvalue weighted by Crippen LogP contribution is 2.36. The molecule has 16 heavy (non-hydrogen) atoms. The molecule has 0 aromatic rings. The maximum Gasteiger partial charge on any atom is 0.248 e. The van der Waals surface area contributed by atoms with Crippen molar-refractivity contribution in [2.75, 3.05) is 6.61 Å². The molecule has 1 unspecified atom stereocenters. The zero-order valence-corrected chi connectivity index (χ0v) is 9.51. The predicted octanol–water partition coefficient (Wildman–Crippen LogP) is 1.70. The number of aliphatic hydroxyl groups excluding tert-OH is 1. The Labute approximate surface area is 94.2 Å². The van der Waals surface area contributed by atoms with Gasteiger partial charge in [0.1, 0.15) is 0 Å². The van der Waals surface area contributed by atoms with E-state index >= 15 is 0 Å². The van der Waals surface area contributed by atoms with Gasteiger partial charge in [-0.1, -0.05) is 6.92 Å². The number of rotatable bonds is 4. The number of halogens is 2. The fraction of sp³-hybridized carbons (Fsp3) is 0.909. The lowest BCUT2D eigenvalue weighted by atomic mass is 9.86. The van der Waals surface area contributed by atoms with Crippen LogP contribution in [-0.4, -0.2) is 29.6 Å². The van der Waals surface area contributed by atoms with Gasteiger partial charge in [0.05, 0.1) is 12.6 Å². The maximum absolute atomic E-state index is 12.9. The Bertz CT molecular complexity index is 232. The molecule has 0 aliphatic heterocycles. The summed E-state index contributed by atoms with van der Waals surface area (Å²) < 4.78 is 25.7. The summed E-state index contributed by atoms with van der Waals surface area (Å²) in [6.45, 7) is 1.75. The van der Waals surface area contributed by atoms with Crippen LogP contribution in [0.3, 0.4) is 0 Å². The van der Waals surface area contributed by atoms with E-state index in [1.807, 2.05) is 6.92 Å². The molecule has 1 aliphatic rings. The summed E-state index contributed by atoms with van der Waals surface area (Å²) in [6.07, 6.45) is 0.703. The molecule has 2 N–H and O–H groups in total. The Kier molecular flexibility index (Phi) is 4.65. The van der Waals surface area contributed by atoms with Gasteiger partial charge in [-0.25, -0.2) is 8.78 Å². The Morgan fingerprint density at radius 3 is 2.50 bits per heavy atom. The lowest BCUT2D eigenvalue weighted by Crippen LogP contribution is -2.42. The highest BCUT2D eigenvalue weighted by atomic mass is 19.3. The first kappa shape index (κ1) is 13.4. The number of carbonyl (C=O) groups is 1. The summed E-state index contributed by atoms with van der Waals surface area (Å²) in [6, 6.07) is -0.255. The van der Waals surface area contributed by atoms with Crippen molar-refractivity contribution in [1.29, 1.82) is 0 Å². The van der Waals surface area contributed by atoms with Gasteiger partial charge in [-0.15, -0.1) is 0 Å². The minimum Gasteiger partial charge on any atom is -0.394 e. The summed E-state index contributed by atoms with van der Waals surface area (Å²) >= 11 is 0. The van der Waals surface area contributed by atoms with E-state index in [9.17, 15) is 13.6 Å². The SMILES string of the molecule is CCC(CO)NC(=O)C1CCC(F)(F)CC1. The van der Waals surface area contributed by atoms with Crippen molar-refractivity contribution < 1.29 is 18.7 Å². The van der Waals surface area contributed by atoms with E-state index in [0.717, 1.165) is 0 Å². The fourth-order valence-electron chi connectivity index (χ4n) is 1.90. The Balaban J connectivity index is 2.38. The molecule has 1 rings (SSSR count). The second-order valence-electron chi connectivity index (χ2n) is 4.43. The molecular formula is C11H19F2NO2. The molecule has 1 atom stereocenters. The van der Waals surface area contributed by atoms with Crippen LogP contribution < -0.4 is 5.32 Å². The summed E-state index contributed by atoms with van der Waals surface area (Å²) in [5.41, 5.74) is 0. The molecule has 0 aromatic carbocycles. The van der Waals surface area contributed by atoms with Crippen LogP contribution in [0.25, 0.3) is 0 Å². The van der Waals surface area contributed by atoms with Crippen molar-refractivity contribution in [3.05, 3.63) is 0 Å². The first-order valence-electron chi connectivity index (χ1n) is 5.77. The predicted molar refractivity (Wildman–Crippen MR) is 56.2 cm³/mol. The van der Waals surface area contributed by atoms with Crippen molar-refractivity contribution >= 4 is 5.91 Å². The van der Waals surface area contributed by atoms with Crippen molar-refractivity contribution in [3.63, 3.8) is 0 Å². The zero-order valence-electron chi connectivity index (χ0n) is 9.51. The van der Waals surface area contributed by atoms with Crippen molar-refractivity contribution in [1.82, 2.24) is 5.32 Å². The number of amides is 1. The van der Waals surface area contributed by atoms with Gasteiger partial charge < -0.3 is 10.4 Å². The Hall–Kier alpha value is -0.710.